The number of hydrogen-bond acceptors (Lipinski definition) is 0. The Balaban J connectivity index is -0.0000000277. The van der Waals surface area contributed by atoms with Gasteiger partial charge in [-0.2, -0.15) is 0 Å². The van der Waals surface area contributed by atoms with E-state index >= 15 is 0 Å². The summed E-state index contributed by atoms with van der Waals surface area (Å²) in [7, 11) is 0.500. The largest absolute Gasteiger partial charge is 0.255 e. The zero-order valence-corrected chi connectivity index (χ0v) is 27.2. The van der Waals surface area contributed by atoms with Crippen molar-refractivity contribution in [2.75, 3.05) is 40.6 Å². The zero-order valence-electron chi connectivity index (χ0n) is 27.2. The number of rotatable bonds is 5. The van der Waals surface area contributed by atoms with Crippen molar-refractivity contribution in [1.29, 1.82) is 0 Å². The van der Waals surface area contributed by atoms with E-state index in [1.54, 1.807) is 36.4 Å². The minimum atomic E-state index is -0.847. The third-order valence-corrected chi connectivity index (χ3v) is 3.13. The molecule has 0 nitrogen and oxygen atoms in total. The highest BCUT2D eigenvalue weighted by Crippen LogP contribution is 1.99. The molecule has 3 rings (SSSR count). The smallest absolute Gasteiger partial charge is 0.118 e. The highest BCUT2D eigenvalue weighted by molar-refractivity contribution is 5.14. The third-order valence-electron chi connectivity index (χ3n) is 3.13. The van der Waals surface area contributed by atoms with Gasteiger partial charge in [-0.3, -0.25) is 8.78 Å². The van der Waals surface area contributed by atoms with Crippen LogP contribution >= 0.6 is 0 Å². The van der Waals surface area contributed by atoms with Crippen LogP contribution in [0.5, 0.6) is 0 Å². The van der Waals surface area contributed by atoms with Gasteiger partial charge >= 0.3 is 0 Å². The van der Waals surface area contributed by atoms with Crippen molar-refractivity contribution in [3.63, 3.8) is 0 Å². The molecule has 0 saturated carbocycles. The van der Waals surface area contributed by atoms with Crippen molar-refractivity contribution in [3.05, 3.63) is 108 Å². The molecule has 49 heavy (non-hydrogen) atoms. The molecule has 0 spiro atoms. The summed E-state index contributed by atoms with van der Waals surface area (Å²) in [5.41, 5.74) is 2.23. The van der Waals surface area contributed by atoms with Gasteiger partial charge in [0.2, 0.25) is 0 Å². The zero-order chi connectivity index (χ0) is 35.0. The molecule has 0 saturated heterocycles. The number of benzene rings is 3. The summed E-state index contributed by atoms with van der Waals surface area (Å²) in [5.74, 6) is 0. The second-order valence-electron chi connectivity index (χ2n) is 5.88. The summed E-state index contributed by atoms with van der Waals surface area (Å²) < 4.78 is 96.4. The summed E-state index contributed by atoms with van der Waals surface area (Å²) in [4.78, 5) is 0. The van der Waals surface area contributed by atoms with Crippen molar-refractivity contribution in [1.82, 2.24) is 0 Å². The Bertz CT molecular complexity index is 618. The summed E-state index contributed by atoms with van der Waals surface area (Å²) in [6.07, 6.45) is 0. The minimum absolute atomic E-state index is 0. The lowest BCUT2D eigenvalue weighted by molar-refractivity contribution is 0.380. The van der Waals surface area contributed by atoms with Crippen LogP contribution in [-0.4, -0.2) is 40.6 Å². The molecular formula is C40H79F9. The molecule has 0 amide bonds. The molecule has 302 valence electrons. The molecule has 0 atom stereocenters. The third kappa shape index (κ3) is 98.9. The van der Waals surface area contributed by atoms with Crippen LogP contribution in [0.3, 0.4) is 0 Å². The van der Waals surface area contributed by atoms with Crippen LogP contribution in [0.25, 0.3) is 0 Å². The van der Waals surface area contributed by atoms with Crippen molar-refractivity contribution in [3.8, 4) is 0 Å². The van der Waals surface area contributed by atoms with Crippen LogP contribution in [0, 0.1) is 0 Å². The first-order valence-corrected chi connectivity index (χ1v) is 14.0. The van der Waals surface area contributed by atoms with Crippen molar-refractivity contribution >= 4 is 0 Å². The molecule has 3 aromatic carbocycles. The van der Waals surface area contributed by atoms with Crippen molar-refractivity contribution in [2.24, 2.45) is 0 Å². The summed E-state index contributed by atoms with van der Waals surface area (Å²) in [6.45, 7) is 8.74. The fourth-order valence-corrected chi connectivity index (χ4v) is 1.70. The lowest BCUT2D eigenvalue weighted by atomic mass is 10.2. The van der Waals surface area contributed by atoms with Crippen molar-refractivity contribution < 1.29 is 39.5 Å². The molecule has 0 aliphatic carbocycles. The van der Waals surface area contributed by atoms with E-state index in [0.717, 1.165) is 16.7 Å². The molecule has 0 unspecified atom stereocenters. The summed E-state index contributed by atoms with van der Waals surface area (Å²) >= 11 is 0. The monoisotopic (exact) mass is 731 g/mol. The van der Waals surface area contributed by atoms with Gasteiger partial charge < -0.3 is 0 Å². The van der Waals surface area contributed by atoms with Crippen molar-refractivity contribution in [2.45, 2.75) is 113 Å². The second-order valence-corrected chi connectivity index (χ2v) is 5.88. The highest BCUT2D eigenvalue weighted by atomic mass is 19.2. The average molecular weight is 731 g/mol. The van der Waals surface area contributed by atoms with Gasteiger partial charge in [0, 0.05) is 0 Å². The van der Waals surface area contributed by atoms with E-state index < -0.39 is 26.7 Å². The maximum absolute atomic E-state index is 11.7. The van der Waals surface area contributed by atoms with Gasteiger partial charge in [-0.05, 0) is 23.6 Å². The Kier molecular flexibility index (Phi) is 181. The van der Waals surface area contributed by atoms with E-state index in [1.807, 2.05) is 96.1 Å². The van der Waals surface area contributed by atoms with Crippen LogP contribution < -0.4 is 0 Å². The molecule has 0 radical (unpaired) electrons. The molecule has 3 aromatic rings. The molecule has 0 fully saturated rings. The molecule has 0 N–H and O–H groups in total. The van der Waals surface area contributed by atoms with Gasteiger partial charge in [-0.15, -0.1) is 0 Å². The van der Waals surface area contributed by atoms with E-state index in [1.165, 1.54) is 6.92 Å². The predicted molar refractivity (Wildman–Crippen MR) is 211 cm³/mol. The van der Waals surface area contributed by atoms with Gasteiger partial charge in [-0.25, -0.2) is 30.7 Å². The molecule has 9 heteroatoms. The lowest BCUT2D eigenvalue weighted by Gasteiger charge is -1.87. The topological polar surface area (TPSA) is 0 Å². The van der Waals surface area contributed by atoms with E-state index in [9.17, 15) is 39.5 Å². The van der Waals surface area contributed by atoms with E-state index in [4.69, 9.17) is 0 Å². The number of alkyl halides is 9. The van der Waals surface area contributed by atoms with Gasteiger partial charge in [0.05, 0.1) is 13.9 Å². The Morgan fingerprint density at radius 1 is 0.327 bits per heavy atom. The number of hydrogen-bond donors (Lipinski definition) is 0. The van der Waals surface area contributed by atoms with Gasteiger partial charge in [-0.1, -0.05) is 177 Å². The molecule has 0 aliphatic rings. The van der Waals surface area contributed by atoms with E-state index in [2.05, 4.69) is 0 Å². The Morgan fingerprint density at radius 2 is 0.449 bits per heavy atom. The second kappa shape index (κ2) is 104. The molecule has 0 heterocycles. The first-order valence-electron chi connectivity index (χ1n) is 14.0. The maximum atomic E-state index is 11.7. The standard InChI is InChI=1S/3C7H7F.2C2H4F2.C2H5F.3C2H6.CH3F.6CH4/c3*8-6-7-4-2-1-3-5-7;2*3-1-2-4;1-2-3;4*1-2;;;;;;/h3*1-5H,6H2;2*1-2H2;2H2,1H3;3*1-2H3;1H3;6*1H4. The Hall–Kier alpha value is -2.97. The van der Waals surface area contributed by atoms with Gasteiger partial charge in [0.1, 0.15) is 46.7 Å². The van der Waals surface area contributed by atoms with Crippen LogP contribution in [-0.2, 0) is 20.0 Å². The van der Waals surface area contributed by atoms with Crippen LogP contribution in [0.15, 0.2) is 91.0 Å². The quantitative estimate of drug-likeness (QED) is 0.229. The molecule has 0 bridgehead atoms. The van der Waals surface area contributed by atoms with Crippen LogP contribution in [0.1, 0.15) is 110 Å². The normalized spacial score (nSPS) is 6.55. The molecule has 0 aromatic heterocycles. The first-order chi connectivity index (χ1) is 21.0. The minimum Gasteiger partial charge on any atom is -0.255 e. The molecule has 0 aliphatic heterocycles. The van der Waals surface area contributed by atoms with Gasteiger partial charge in [0.15, 0.2) is 0 Å². The maximum Gasteiger partial charge on any atom is 0.118 e. The summed E-state index contributed by atoms with van der Waals surface area (Å²) in [6, 6.07) is 27.2. The SMILES string of the molecule is C.C.C.C.C.C.CC.CC.CC.CCF.CF.FCCF.FCCF.FCc1ccccc1.FCc1ccccc1.FCc1ccccc1. The summed E-state index contributed by atoms with van der Waals surface area (Å²) in [5, 5.41) is 0. The van der Waals surface area contributed by atoms with E-state index in [-0.39, 0.29) is 71.3 Å². The average Bonchev–Trinajstić information content (AvgIpc) is 3.13. The lowest BCUT2D eigenvalue weighted by Crippen LogP contribution is -1.72. The Morgan fingerprint density at radius 3 is 0.510 bits per heavy atom. The highest BCUT2D eigenvalue weighted by Gasteiger charge is 1.84. The van der Waals surface area contributed by atoms with Crippen LogP contribution in [0.4, 0.5) is 39.5 Å². The fourth-order valence-electron chi connectivity index (χ4n) is 1.70. The van der Waals surface area contributed by atoms with Crippen LogP contribution in [0.2, 0.25) is 0 Å². The van der Waals surface area contributed by atoms with Gasteiger partial charge in [0.25, 0.3) is 0 Å². The molecular weight excluding hydrogens is 651 g/mol. The Labute approximate surface area is 300 Å². The predicted octanol–water partition coefficient (Wildman–Crippen LogP) is 16.8. The fraction of sp³-hybridized carbons (Fsp3) is 0.550. The number of halogens is 9. The van der Waals surface area contributed by atoms with E-state index in [0.29, 0.717) is 7.18 Å². The first kappa shape index (κ1) is 85.6.